The van der Waals surface area contributed by atoms with Crippen molar-refractivity contribution in [2.24, 2.45) is 0 Å². The van der Waals surface area contributed by atoms with E-state index in [2.05, 4.69) is 11.8 Å². The maximum atomic E-state index is 9.84. The molecule has 2 nitrogen and oxygen atoms in total. The molecule has 1 aliphatic rings. The number of benzene rings is 1. The van der Waals surface area contributed by atoms with Gasteiger partial charge in [-0.25, -0.2) is 0 Å². The minimum absolute atomic E-state index is 0.483. The number of rotatable bonds is 2. The molecule has 1 atom stereocenters. The summed E-state index contributed by atoms with van der Waals surface area (Å²) in [7, 11) is 0. The van der Waals surface area contributed by atoms with Gasteiger partial charge in [0, 0.05) is 6.42 Å². The molecule has 78 valence electrons. The Balaban J connectivity index is 2.17. The van der Waals surface area contributed by atoms with E-state index in [1.54, 1.807) is 6.92 Å². The molecule has 0 radical (unpaired) electrons. The Morgan fingerprint density at radius 1 is 1.40 bits per heavy atom. The summed E-state index contributed by atoms with van der Waals surface area (Å²) in [5.41, 5.74) is 3.35. The molecule has 2 heteroatoms. The van der Waals surface area contributed by atoms with E-state index in [1.807, 2.05) is 18.2 Å². The summed E-state index contributed by atoms with van der Waals surface area (Å²) in [4.78, 5) is 0. The van der Waals surface area contributed by atoms with E-state index >= 15 is 0 Å². The monoisotopic (exact) mass is 202 g/mol. The Hall–Kier alpha value is -1.30. The van der Waals surface area contributed by atoms with Crippen LogP contribution in [0.3, 0.4) is 0 Å². The number of fused-ring (bicyclic) bond motifs is 1. The normalized spacial score (nSPS) is 15.3. The summed E-state index contributed by atoms with van der Waals surface area (Å²) in [5.74, 6) is 5.67. The molecule has 1 heterocycles. The molecule has 1 aliphatic heterocycles. The van der Waals surface area contributed by atoms with E-state index in [0.717, 1.165) is 5.56 Å². The zero-order valence-electron chi connectivity index (χ0n) is 8.79. The molecule has 1 unspecified atom stereocenters. The molecular formula is C13H14O2. The molecule has 0 aliphatic carbocycles. The maximum absolute atomic E-state index is 9.84. The topological polar surface area (TPSA) is 29.5 Å². The molecule has 0 fully saturated rings. The highest BCUT2D eigenvalue weighted by Crippen LogP contribution is 2.24. The van der Waals surface area contributed by atoms with Gasteiger partial charge in [0.15, 0.2) is 0 Å². The van der Waals surface area contributed by atoms with Crippen molar-refractivity contribution in [2.45, 2.75) is 32.7 Å². The minimum atomic E-state index is -0.483. The predicted molar refractivity (Wildman–Crippen MR) is 58.0 cm³/mol. The van der Waals surface area contributed by atoms with Gasteiger partial charge in [-0.3, -0.25) is 0 Å². The molecule has 2 rings (SSSR count). The molecule has 0 spiro atoms. The van der Waals surface area contributed by atoms with Crippen molar-refractivity contribution in [3.05, 3.63) is 34.9 Å². The zero-order valence-corrected chi connectivity index (χ0v) is 8.79. The van der Waals surface area contributed by atoms with E-state index in [0.29, 0.717) is 19.6 Å². The molecule has 0 saturated heterocycles. The fourth-order valence-electron chi connectivity index (χ4n) is 1.72. The molecule has 1 aromatic carbocycles. The highest BCUT2D eigenvalue weighted by atomic mass is 16.5. The van der Waals surface area contributed by atoms with Gasteiger partial charge >= 0.3 is 0 Å². The van der Waals surface area contributed by atoms with Gasteiger partial charge in [0.2, 0.25) is 0 Å². The van der Waals surface area contributed by atoms with Crippen LogP contribution in [0.15, 0.2) is 18.2 Å². The molecule has 1 aromatic rings. The van der Waals surface area contributed by atoms with Gasteiger partial charge in [0.1, 0.15) is 0 Å². The first-order valence-electron chi connectivity index (χ1n) is 5.08. The van der Waals surface area contributed by atoms with E-state index in [9.17, 15) is 5.11 Å². The summed E-state index contributed by atoms with van der Waals surface area (Å²) in [6, 6.07) is 6.00. The first-order valence-corrected chi connectivity index (χ1v) is 5.08. The predicted octanol–water partition coefficient (Wildman–Crippen LogP) is 2.16. The number of hydrogen-bond donors (Lipinski definition) is 1. The van der Waals surface area contributed by atoms with Gasteiger partial charge in [-0.2, -0.15) is 0 Å². The van der Waals surface area contributed by atoms with Gasteiger partial charge in [0.25, 0.3) is 0 Å². The quantitative estimate of drug-likeness (QED) is 0.745. The number of hydrogen-bond acceptors (Lipinski definition) is 2. The standard InChI is InChI=1S/C13H14O2/c1-2-3-4-13(14)10-5-6-11-8-15-9-12(11)7-10/h5-7,13-14H,4,8-9H2,1H3. The molecule has 0 bridgehead atoms. The van der Waals surface area contributed by atoms with Crippen LogP contribution in [0.1, 0.15) is 36.1 Å². The summed E-state index contributed by atoms with van der Waals surface area (Å²) in [6.07, 6.45) is 0.0132. The molecule has 1 N–H and O–H groups in total. The van der Waals surface area contributed by atoms with Crippen molar-refractivity contribution in [1.29, 1.82) is 0 Å². The van der Waals surface area contributed by atoms with Crippen LogP contribution in [0.5, 0.6) is 0 Å². The second kappa shape index (κ2) is 4.48. The third kappa shape index (κ3) is 2.20. The molecule has 0 saturated carbocycles. The van der Waals surface area contributed by atoms with Crippen molar-refractivity contribution >= 4 is 0 Å². The number of aliphatic hydroxyl groups is 1. The number of aliphatic hydroxyl groups excluding tert-OH is 1. The first-order chi connectivity index (χ1) is 7.31. The lowest BCUT2D eigenvalue weighted by Crippen LogP contribution is -1.97. The fraction of sp³-hybridized carbons (Fsp3) is 0.385. The third-order valence-corrected chi connectivity index (χ3v) is 2.60. The average Bonchev–Trinajstić information content (AvgIpc) is 2.72. The van der Waals surface area contributed by atoms with Gasteiger partial charge < -0.3 is 9.84 Å². The second-order valence-electron chi connectivity index (χ2n) is 3.67. The van der Waals surface area contributed by atoms with Crippen LogP contribution < -0.4 is 0 Å². The Labute approximate surface area is 89.9 Å². The smallest absolute Gasteiger partial charge is 0.0899 e. The van der Waals surface area contributed by atoms with Crippen LogP contribution in [-0.4, -0.2) is 5.11 Å². The van der Waals surface area contributed by atoms with E-state index in [4.69, 9.17) is 4.74 Å². The van der Waals surface area contributed by atoms with Gasteiger partial charge in [-0.1, -0.05) is 18.2 Å². The highest BCUT2D eigenvalue weighted by Gasteiger charge is 2.13. The minimum Gasteiger partial charge on any atom is -0.387 e. The van der Waals surface area contributed by atoms with Gasteiger partial charge in [0.05, 0.1) is 19.3 Å². The van der Waals surface area contributed by atoms with E-state index in [1.165, 1.54) is 11.1 Å². The fourth-order valence-corrected chi connectivity index (χ4v) is 1.72. The van der Waals surface area contributed by atoms with Crippen LogP contribution >= 0.6 is 0 Å². The van der Waals surface area contributed by atoms with Crippen molar-refractivity contribution in [1.82, 2.24) is 0 Å². The first kappa shape index (κ1) is 10.2. The van der Waals surface area contributed by atoms with Crippen molar-refractivity contribution in [3.63, 3.8) is 0 Å². The van der Waals surface area contributed by atoms with E-state index < -0.39 is 6.10 Å². The Kier molecular flexibility index (Phi) is 3.05. The van der Waals surface area contributed by atoms with Crippen LogP contribution in [0.2, 0.25) is 0 Å². The summed E-state index contributed by atoms with van der Waals surface area (Å²) < 4.78 is 5.32. The Morgan fingerprint density at radius 2 is 2.20 bits per heavy atom. The van der Waals surface area contributed by atoms with Crippen LogP contribution in [0.4, 0.5) is 0 Å². The largest absolute Gasteiger partial charge is 0.387 e. The van der Waals surface area contributed by atoms with E-state index in [-0.39, 0.29) is 0 Å². The average molecular weight is 202 g/mol. The molecule has 0 aromatic heterocycles. The number of ether oxygens (including phenoxy) is 1. The second-order valence-corrected chi connectivity index (χ2v) is 3.67. The van der Waals surface area contributed by atoms with Crippen LogP contribution in [0, 0.1) is 11.8 Å². The maximum Gasteiger partial charge on any atom is 0.0899 e. The zero-order chi connectivity index (χ0) is 10.7. The Bertz CT molecular complexity index is 412. The van der Waals surface area contributed by atoms with Crippen molar-refractivity contribution in [2.75, 3.05) is 0 Å². The van der Waals surface area contributed by atoms with Crippen LogP contribution in [-0.2, 0) is 18.0 Å². The Morgan fingerprint density at radius 3 is 3.00 bits per heavy atom. The lowest BCUT2D eigenvalue weighted by atomic mass is 10.0. The third-order valence-electron chi connectivity index (χ3n) is 2.60. The summed E-state index contributed by atoms with van der Waals surface area (Å²) in [6.45, 7) is 3.14. The molecular weight excluding hydrogens is 188 g/mol. The lowest BCUT2D eigenvalue weighted by Gasteiger charge is -2.08. The summed E-state index contributed by atoms with van der Waals surface area (Å²) in [5, 5.41) is 9.84. The molecule has 15 heavy (non-hydrogen) atoms. The van der Waals surface area contributed by atoms with Gasteiger partial charge in [-0.05, 0) is 23.6 Å². The van der Waals surface area contributed by atoms with Crippen LogP contribution in [0.25, 0.3) is 0 Å². The SMILES string of the molecule is CC#CCC(O)c1ccc2c(c1)COC2. The van der Waals surface area contributed by atoms with Crippen molar-refractivity contribution in [3.8, 4) is 11.8 Å². The van der Waals surface area contributed by atoms with Gasteiger partial charge in [-0.15, -0.1) is 11.8 Å². The highest BCUT2D eigenvalue weighted by molar-refractivity contribution is 5.34. The lowest BCUT2D eigenvalue weighted by molar-refractivity contribution is 0.134. The molecule has 0 amide bonds. The van der Waals surface area contributed by atoms with Crippen molar-refractivity contribution < 1.29 is 9.84 Å². The summed E-state index contributed by atoms with van der Waals surface area (Å²) >= 11 is 0.